The summed E-state index contributed by atoms with van der Waals surface area (Å²) in [5, 5.41) is 15.6. The number of benzene rings is 1. The average molecular weight is 360 g/mol. The molecule has 2 aromatic rings. The van der Waals surface area contributed by atoms with Gasteiger partial charge in [-0.3, -0.25) is 4.79 Å². The highest BCUT2D eigenvalue weighted by atomic mass is 16.5. The third-order valence-electron chi connectivity index (χ3n) is 4.10. The number of carboxylic acid groups (broad SMARTS) is 1. The number of ether oxygens (including phenoxy) is 1. The lowest BCUT2D eigenvalue weighted by molar-refractivity contribution is -0.143. The number of aryl methyl sites for hydroxylation is 2. The molecular formula is C19H24N2O5. The minimum Gasteiger partial charge on any atom is -0.489 e. The number of hydrogen-bond acceptors (Lipinski definition) is 5. The molecule has 0 bridgehead atoms. The lowest BCUT2D eigenvalue weighted by Gasteiger charge is -2.17. The van der Waals surface area contributed by atoms with Crippen molar-refractivity contribution in [2.75, 3.05) is 0 Å². The van der Waals surface area contributed by atoms with Crippen molar-refractivity contribution in [2.24, 2.45) is 5.92 Å². The number of carboxylic acids is 1. The number of nitrogens with one attached hydrogen (secondary N) is 1. The molecule has 1 aromatic heterocycles. The van der Waals surface area contributed by atoms with Crippen LogP contribution in [0, 0.1) is 19.8 Å². The van der Waals surface area contributed by atoms with Gasteiger partial charge >= 0.3 is 5.97 Å². The van der Waals surface area contributed by atoms with Gasteiger partial charge in [-0.05, 0) is 37.5 Å². The first-order valence-electron chi connectivity index (χ1n) is 8.43. The van der Waals surface area contributed by atoms with Crippen molar-refractivity contribution in [3.05, 3.63) is 46.8 Å². The summed E-state index contributed by atoms with van der Waals surface area (Å²) in [7, 11) is 0. The summed E-state index contributed by atoms with van der Waals surface area (Å²) >= 11 is 0. The Morgan fingerprint density at radius 1 is 1.23 bits per heavy atom. The lowest BCUT2D eigenvalue weighted by Crippen LogP contribution is -2.44. The Hall–Kier alpha value is -2.83. The highest BCUT2D eigenvalue weighted by Gasteiger charge is 2.23. The third-order valence-corrected chi connectivity index (χ3v) is 4.10. The summed E-state index contributed by atoms with van der Waals surface area (Å²) in [6, 6.07) is 6.23. The Kier molecular flexibility index (Phi) is 6.38. The number of aliphatic carboxylic acids is 1. The highest BCUT2D eigenvalue weighted by molar-refractivity contribution is 5.85. The Bertz CT molecular complexity index is 745. The molecule has 0 spiro atoms. The second-order valence-electron chi connectivity index (χ2n) is 6.54. The van der Waals surface area contributed by atoms with E-state index in [4.69, 9.17) is 14.4 Å². The molecule has 0 aliphatic heterocycles. The van der Waals surface area contributed by atoms with E-state index in [2.05, 4.69) is 10.5 Å². The first-order chi connectivity index (χ1) is 12.3. The molecule has 0 aliphatic carbocycles. The summed E-state index contributed by atoms with van der Waals surface area (Å²) < 4.78 is 10.8. The second kappa shape index (κ2) is 8.51. The predicted molar refractivity (Wildman–Crippen MR) is 94.9 cm³/mol. The molecule has 7 nitrogen and oxygen atoms in total. The van der Waals surface area contributed by atoms with Gasteiger partial charge in [0, 0.05) is 0 Å². The van der Waals surface area contributed by atoms with E-state index in [-0.39, 0.29) is 18.2 Å². The summed E-state index contributed by atoms with van der Waals surface area (Å²) in [6.07, 6.45) is 0.112. The number of nitrogens with zero attached hydrogens (tertiary/aromatic N) is 1. The molecule has 1 atom stereocenters. The zero-order valence-corrected chi connectivity index (χ0v) is 15.4. The van der Waals surface area contributed by atoms with Crippen LogP contribution in [-0.4, -0.2) is 28.2 Å². The standard InChI is InChI=1S/C19H24N2O5/c1-11(2)18(19(23)24)20-17(22)9-14-5-7-15(8-6-14)25-10-16-12(3)21-26-13(16)4/h5-8,11,18H,9-10H2,1-4H3,(H,20,22)(H,23,24)/t18-/m1/s1. The van der Waals surface area contributed by atoms with Gasteiger partial charge in [-0.1, -0.05) is 31.1 Å². The Balaban J connectivity index is 1.90. The predicted octanol–water partition coefficient (Wildman–Crippen LogP) is 2.64. The number of carbonyl (C=O) groups is 2. The molecule has 0 radical (unpaired) electrons. The summed E-state index contributed by atoms with van der Waals surface area (Å²) in [6.45, 7) is 7.56. The molecule has 0 fully saturated rings. The van der Waals surface area contributed by atoms with Crippen molar-refractivity contribution in [1.82, 2.24) is 10.5 Å². The summed E-state index contributed by atoms with van der Waals surface area (Å²) in [5.41, 5.74) is 2.50. The quantitative estimate of drug-likeness (QED) is 0.750. The first kappa shape index (κ1) is 19.5. The Morgan fingerprint density at radius 2 is 1.88 bits per heavy atom. The van der Waals surface area contributed by atoms with E-state index in [1.165, 1.54) is 0 Å². The molecule has 7 heteroatoms. The van der Waals surface area contributed by atoms with E-state index >= 15 is 0 Å². The fourth-order valence-corrected chi connectivity index (χ4v) is 2.49. The zero-order valence-electron chi connectivity index (χ0n) is 15.4. The molecule has 140 valence electrons. The Labute approximate surface area is 152 Å². The van der Waals surface area contributed by atoms with Gasteiger partial charge in [0.15, 0.2) is 0 Å². The van der Waals surface area contributed by atoms with Crippen LogP contribution in [0.2, 0.25) is 0 Å². The zero-order chi connectivity index (χ0) is 19.3. The number of carbonyl (C=O) groups excluding carboxylic acids is 1. The summed E-state index contributed by atoms with van der Waals surface area (Å²) in [4.78, 5) is 23.2. The van der Waals surface area contributed by atoms with E-state index in [0.717, 1.165) is 22.6 Å². The molecule has 2 N–H and O–H groups in total. The lowest BCUT2D eigenvalue weighted by atomic mass is 10.0. The maximum absolute atomic E-state index is 12.0. The van der Waals surface area contributed by atoms with Gasteiger partial charge in [-0.15, -0.1) is 0 Å². The highest BCUT2D eigenvalue weighted by Crippen LogP contribution is 2.18. The van der Waals surface area contributed by atoms with Crippen LogP contribution in [0.3, 0.4) is 0 Å². The van der Waals surface area contributed by atoms with Crippen LogP contribution < -0.4 is 10.1 Å². The van der Waals surface area contributed by atoms with Gasteiger partial charge < -0.3 is 19.7 Å². The fraction of sp³-hybridized carbons (Fsp3) is 0.421. The number of amides is 1. The summed E-state index contributed by atoms with van der Waals surface area (Å²) in [5.74, 6) is -0.142. The van der Waals surface area contributed by atoms with Crippen LogP contribution in [-0.2, 0) is 22.6 Å². The van der Waals surface area contributed by atoms with E-state index in [0.29, 0.717) is 12.4 Å². The smallest absolute Gasteiger partial charge is 0.326 e. The molecule has 0 unspecified atom stereocenters. The molecular weight excluding hydrogens is 336 g/mol. The monoisotopic (exact) mass is 360 g/mol. The fourth-order valence-electron chi connectivity index (χ4n) is 2.49. The molecule has 2 rings (SSSR count). The molecule has 0 saturated carbocycles. The van der Waals surface area contributed by atoms with E-state index in [1.807, 2.05) is 13.8 Å². The first-order valence-corrected chi connectivity index (χ1v) is 8.43. The topological polar surface area (TPSA) is 102 Å². The van der Waals surface area contributed by atoms with Crippen molar-refractivity contribution in [2.45, 2.75) is 46.8 Å². The molecule has 0 saturated heterocycles. The van der Waals surface area contributed by atoms with Crippen molar-refractivity contribution in [3.8, 4) is 5.75 Å². The van der Waals surface area contributed by atoms with Crippen LogP contribution in [0.15, 0.2) is 28.8 Å². The van der Waals surface area contributed by atoms with Crippen LogP contribution in [0.25, 0.3) is 0 Å². The number of rotatable bonds is 8. The van der Waals surface area contributed by atoms with Crippen molar-refractivity contribution in [1.29, 1.82) is 0 Å². The van der Waals surface area contributed by atoms with Gasteiger partial charge in [0.25, 0.3) is 0 Å². The van der Waals surface area contributed by atoms with Gasteiger partial charge in [0.05, 0.1) is 17.7 Å². The van der Waals surface area contributed by atoms with Gasteiger partial charge in [-0.25, -0.2) is 4.79 Å². The second-order valence-corrected chi connectivity index (χ2v) is 6.54. The van der Waals surface area contributed by atoms with Gasteiger partial charge in [0.1, 0.15) is 24.2 Å². The molecule has 1 amide bonds. The maximum Gasteiger partial charge on any atom is 0.326 e. The normalized spacial score (nSPS) is 12.0. The van der Waals surface area contributed by atoms with Crippen molar-refractivity contribution in [3.63, 3.8) is 0 Å². The molecule has 1 heterocycles. The minimum atomic E-state index is -1.03. The number of hydrogen-bond donors (Lipinski definition) is 2. The van der Waals surface area contributed by atoms with Gasteiger partial charge in [-0.2, -0.15) is 0 Å². The van der Waals surface area contributed by atoms with Crippen LogP contribution >= 0.6 is 0 Å². The van der Waals surface area contributed by atoms with E-state index < -0.39 is 12.0 Å². The largest absolute Gasteiger partial charge is 0.489 e. The Morgan fingerprint density at radius 3 is 2.38 bits per heavy atom. The van der Waals surface area contributed by atoms with Crippen LogP contribution in [0.5, 0.6) is 5.75 Å². The van der Waals surface area contributed by atoms with Gasteiger partial charge in [0.2, 0.25) is 5.91 Å². The molecule has 26 heavy (non-hydrogen) atoms. The van der Waals surface area contributed by atoms with E-state index in [9.17, 15) is 9.59 Å². The number of aromatic nitrogens is 1. The SMILES string of the molecule is Cc1noc(C)c1COc1ccc(CC(=O)N[C@@H](C(=O)O)C(C)C)cc1. The van der Waals surface area contributed by atoms with Crippen molar-refractivity contribution >= 4 is 11.9 Å². The maximum atomic E-state index is 12.0. The van der Waals surface area contributed by atoms with Crippen LogP contribution in [0.4, 0.5) is 0 Å². The minimum absolute atomic E-state index is 0.112. The van der Waals surface area contributed by atoms with E-state index in [1.54, 1.807) is 38.1 Å². The third kappa shape index (κ3) is 5.08. The molecule has 0 aliphatic rings. The van der Waals surface area contributed by atoms with Crippen LogP contribution in [0.1, 0.15) is 36.4 Å². The average Bonchev–Trinajstić information content (AvgIpc) is 2.90. The van der Waals surface area contributed by atoms with Crippen molar-refractivity contribution < 1.29 is 24.0 Å². The molecule has 1 aromatic carbocycles.